The van der Waals surface area contributed by atoms with Gasteiger partial charge in [-0.3, -0.25) is 4.79 Å². The Labute approximate surface area is 133 Å². The van der Waals surface area contributed by atoms with Gasteiger partial charge in [-0.15, -0.1) is 0 Å². The molecule has 0 saturated carbocycles. The van der Waals surface area contributed by atoms with E-state index < -0.39 is 10.0 Å². The quantitative estimate of drug-likeness (QED) is 0.792. The average molecular weight is 337 g/mol. The smallest absolute Gasteiger partial charge is 0.276 e. The van der Waals surface area contributed by atoms with Crippen LogP contribution in [-0.2, 0) is 10.0 Å². The van der Waals surface area contributed by atoms with Crippen LogP contribution < -0.4 is 4.90 Å². The van der Waals surface area contributed by atoms with Crippen LogP contribution in [0.1, 0.15) is 17.4 Å². The van der Waals surface area contributed by atoms with Crippen molar-refractivity contribution in [3.63, 3.8) is 0 Å². The minimum Gasteiger partial charge on any atom is -0.302 e. The number of benzene rings is 1. The topological polar surface area (TPSA) is 59.4 Å². The van der Waals surface area contributed by atoms with Crippen LogP contribution in [0, 0.1) is 0 Å². The summed E-state index contributed by atoms with van der Waals surface area (Å²) in [4.78, 5) is 14.2. The molecule has 0 aliphatic carbocycles. The molecule has 0 N–H and O–H groups in total. The van der Waals surface area contributed by atoms with E-state index in [4.69, 9.17) is 11.6 Å². The summed E-state index contributed by atoms with van der Waals surface area (Å²) in [5.74, 6) is -0.368. The lowest BCUT2D eigenvalue weighted by molar-refractivity contribution is 0.0984. The Kier molecular flexibility index (Phi) is 3.58. The first-order valence-electron chi connectivity index (χ1n) is 6.62. The van der Waals surface area contributed by atoms with Gasteiger partial charge < -0.3 is 4.90 Å². The minimum atomic E-state index is -3.86. The molecule has 22 heavy (non-hydrogen) atoms. The number of amides is 1. The lowest BCUT2D eigenvalue weighted by Crippen LogP contribution is -2.31. The van der Waals surface area contributed by atoms with Crippen LogP contribution in [0.25, 0.3) is 0 Å². The van der Waals surface area contributed by atoms with Crippen molar-refractivity contribution in [2.24, 2.45) is 0 Å². The fourth-order valence-corrected chi connectivity index (χ4v) is 4.20. The highest BCUT2D eigenvalue weighted by molar-refractivity contribution is 7.90. The van der Waals surface area contributed by atoms with Gasteiger partial charge in [0, 0.05) is 17.8 Å². The molecule has 1 amide bonds. The van der Waals surface area contributed by atoms with Crippen LogP contribution in [0.3, 0.4) is 0 Å². The van der Waals surface area contributed by atoms with E-state index in [-0.39, 0.29) is 23.0 Å². The number of hydrogen-bond donors (Lipinski definition) is 0. The molecule has 2 aromatic rings. The fourth-order valence-electron chi connectivity index (χ4n) is 2.40. The normalized spacial score (nSPS) is 16.5. The Morgan fingerprint density at radius 1 is 1.27 bits per heavy atom. The van der Waals surface area contributed by atoms with E-state index in [0.717, 1.165) is 3.97 Å². The molecule has 1 aromatic carbocycles. The lowest BCUT2D eigenvalue weighted by atomic mass is 10.2. The summed E-state index contributed by atoms with van der Waals surface area (Å²) in [6.07, 6.45) is 4.97. The monoisotopic (exact) mass is 336 g/mol. The Morgan fingerprint density at radius 3 is 2.77 bits per heavy atom. The van der Waals surface area contributed by atoms with Gasteiger partial charge in [0.1, 0.15) is 10.6 Å². The van der Waals surface area contributed by atoms with Gasteiger partial charge >= 0.3 is 0 Å². The van der Waals surface area contributed by atoms with E-state index in [1.165, 1.54) is 29.3 Å². The Hall–Kier alpha value is -2.05. The van der Waals surface area contributed by atoms with E-state index in [9.17, 15) is 13.2 Å². The number of carbonyl (C=O) groups is 1. The van der Waals surface area contributed by atoms with Gasteiger partial charge in [-0.2, -0.15) is 0 Å². The van der Waals surface area contributed by atoms with Crippen molar-refractivity contribution in [1.29, 1.82) is 0 Å². The van der Waals surface area contributed by atoms with Crippen molar-refractivity contribution >= 4 is 33.2 Å². The molecule has 1 aromatic heterocycles. The van der Waals surface area contributed by atoms with E-state index in [2.05, 4.69) is 0 Å². The highest BCUT2D eigenvalue weighted by Crippen LogP contribution is 2.34. The number of nitrogens with zero attached hydrogens (tertiary/aromatic N) is 2. The van der Waals surface area contributed by atoms with Crippen molar-refractivity contribution in [3.05, 3.63) is 59.4 Å². The number of carbonyl (C=O) groups excluding carboxylic acids is 1. The largest absolute Gasteiger partial charge is 0.302 e. The Morgan fingerprint density at radius 2 is 2.05 bits per heavy atom. The third-order valence-corrected chi connectivity index (χ3v) is 5.40. The SMILES string of the molecule is C/C=C\CN1C(=O)c2cccn2S(=O)(=O)c2cc(Cl)ccc21. The molecule has 7 heteroatoms. The maximum Gasteiger partial charge on any atom is 0.276 e. The van der Waals surface area contributed by atoms with Crippen LogP contribution in [0.15, 0.2) is 53.6 Å². The first-order chi connectivity index (χ1) is 10.5. The zero-order valence-electron chi connectivity index (χ0n) is 11.7. The number of aromatic nitrogens is 1. The first kappa shape index (κ1) is 14.9. The number of allylic oxidation sites excluding steroid dienone is 1. The van der Waals surface area contributed by atoms with Gasteiger partial charge in [-0.1, -0.05) is 23.8 Å². The second-order valence-electron chi connectivity index (χ2n) is 4.79. The van der Waals surface area contributed by atoms with E-state index in [1.807, 2.05) is 6.92 Å². The van der Waals surface area contributed by atoms with Gasteiger partial charge in [0.05, 0.1) is 5.69 Å². The zero-order chi connectivity index (χ0) is 15.9. The van der Waals surface area contributed by atoms with Gasteiger partial charge in [0.25, 0.3) is 15.9 Å². The summed E-state index contributed by atoms with van der Waals surface area (Å²) < 4.78 is 26.6. The predicted octanol–water partition coefficient (Wildman–Crippen LogP) is 2.91. The molecule has 2 heterocycles. The minimum absolute atomic E-state index is 0.0211. The summed E-state index contributed by atoms with van der Waals surface area (Å²) in [6.45, 7) is 2.12. The fraction of sp³-hybridized carbons (Fsp3) is 0.133. The van der Waals surface area contributed by atoms with Gasteiger partial charge in [0.15, 0.2) is 0 Å². The summed E-state index contributed by atoms with van der Waals surface area (Å²) in [5, 5.41) is 0.302. The van der Waals surface area contributed by atoms with Gasteiger partial charge in [-0.05, 0) is 37.3 Å². The van der Waals surface area contributed by atoms with Crippen molar-refractivity contribution in [2.45, 2.75) is 11.8 Å². The molecule has 0 spiro atoms. The number of anilines is 1. The summed E-state index contributed by atoms with van der Waals surface area (Å²) in [6, 6.07) is 7.54. The van der Waals surface area contributed by atoms with Crippen molar-refractivity contribution in [2.75, 3.05) is 11.4 Å². The molecule has 1 aliphatic rings. The van der Waals surface area contributed by atoms with Crippen LogP contribution >= 0.6 is 11.6 Å². The predicted molar refractivity (Wildman–Crippen MR) is 85.0 cm³/mol. The van der Waals surface area contributed by atoms with Crippen LogP contribution in [0.2, 0.25) is 5.02 Å². The molecular formula is C15H13ClN2O3S. The number of fused-ring (bicyclic) bond motifs is 2. The molecule has 0 unspecified atom stereocenters. The van der Waals surface area contributed by atoms with E-state index >= 15 is 0 Å². The summed E-state index contributed by atoms with van der Waals surface area (Å²) >= 11 is 5.96. The van der Waals surface area contributed by atoms with Crippen LogP contribution in [-0.4, -0.2) is 24.8 Å². The molecule has 1 aliphatic heterocycles. The summed E-state index contributed by atoms with van der Waals surface area (Å²) in [7, 11) is -3.86. The lowest BCUT2D eigenvalue weighted by Gasteiger charge is -2.20. The van der Waals surface area contributed by atoms with Crippen LogP contribution in [0.4, 0.5) is 5.69 Å². The molecule has 0 atom stereocenters. The highest BCUT2D eigenvalue weighted by atomic mass is 35.5. The maximum absolute atomic E-state index is 12.8. The molecular weight excluding hydrogens is 324 g/mol. The molecule has 3 rings (SSSR count). The number of hydrogen-bond acceptors (Lipinski definition) is 3. The average Bonchev–Trinajstić information content (AvgIpc) is 2.96. The third-order valence-electron chi connectivity index (χ3n) is 3.45. The van der Waals surface area contributed by atoms with Crippen molar-refractivity contribution in [3.8, 4) is 0 Å². The molecule has 114 valence electrons. The third kappa shape index (κ3) is 2.15. The highest BCUT2D eigenvalue weighted by Gasteiger charge is 2.34. The van der Waals surface area contributed by atoms with Gasteiger partial charge in [-0.25, -0.2) is 12.4 Å². The molecule has 0 bridgehead atoms. The molecule has 0 radical (unpaired) electrons. The first-order valence-corrected chi connectivity index (χ1v) is 8.44. The Bertz CT molecular complexity index is 884. The second kappa shape index (κ2) is 5.30. The standard InChI is InChI=1S/C15H13ClN2O3S/c1-2-3-8-17-12-7-6-11(16)10-14(12)22(20,21)18-9-4-5-13(18)15(17)19/h2-7,9-10H,8H2,1H3/b3-2-. The molecule has 0 fully saturated rings. The van der Waals surface area contributed by atoms with Crippen molar-refractivity contribution < 1.29 is 13.2 Å². The van der Waals surface area contributed by atoms with Crippen LogP contribution in [0.5, 0.6) is 0 Å². The maximum atomic E-state index is 12.8. The summed E-state index contributed by atoms with van der Waals surface area (Å²) in [5.41, 5.74) is 0.438. The zero-order valence-corrected chi connectivity index (χ0v) is 13.3. The molecule has 5 nitrogen and oxygen atoms in total. The Balaban J connectivity index is 2.35. The molecule has 0 saturated heterocycles. The van der Waals surface area contributed by atoms with Gasteiger partial charge in [0.2, 0.25) is 0 Å². The number of rotatable bonds is 2. The second-order valence-corrected chi connectivity index (χ2v) is 7.01. The van der Waals surface area contributed by atoms with Crippen molar-refractivity contribution in [1.82, 2.24) is 3.97 Å². The number of halogens is 1. The van der Waals surface area contributed by atoms with E-state index in [0.29, 0.717) is 10.7 Å². The van der Waals surface area contributed by atoms with E-state index in [1.54, 1.807) is 24.3 Å².